The molecule has 0 aromatic heterocycles. The highest BCUT2D eigenvalue weighted by atomic mass is 16.6. The van der Waals surface area contributed by atoms with Gasteiger partial charge in [-0.15, -0.1) is 0 Å². The van der Waals surface area contributed by atoms with Crippen molar-refractivity contribution in [3.8, 4) is 5.75 Å². The maximum atomic E-state index is 10.7. The lowest BCUT2D eigenvalue weighted by Crippen LogP contribution is -2.26. The van der Waals surface area contributed by atoms with Crippen LogP contribution in [-0.2, 0) is 0 Å². The Bertz CT molecular complexity index is 458. The van der Waals surface area contributed by atoms with Crippen LogP contribution in [0.2, 0.25) is 0 Å². The molecule has 1 atom stereocenters. The third-order valence-electron chi connectivity index (χ3n) is 3.24. The van der Waals surface area contributed by atoms with E-state index in [0.717, 1.165) is 12.1 Å². The van der Waals surface area contributed by atoms with Crippen LogP contribution in [0.1, 0.15) is 25.3 Å². The van der Waals surface area contributed by atoms with Gasteiger partial charge in [-0.2, -0.15) is 0 Å². The minimum atomic E-state index is -0.398. The highest BCUT2D eigenvalue weighted by Gasteiger charge is 2.21. The molecule has 0 amide bonds. The lowest BCUT2D eigenvalue weighted by atomic mass is 10.2. The van der Waals surface area contributed by atoms with Gasteiger partial charge in [-0.1, -0.05) is 6.92 Å². The fraction of sp³-hybridized carbons (Fsp3) is 0.571. The first-order valence-corrected chi connectivity index (χ1v) is 6.67. The summed E-state index contributed by atoms with van der Waals surface area (Å²) in [5.41, 5.74) is 0.998. The van der Waals surface area contributed by atoms with Gasteiger partial charge < -0.3 is 10.1 Å². The smallest absolute Gasteiger partial charge is 0.273 e. The Morgan fingerprint density at radius 3 is 2.89 bits per heavy atom. The summed E-state index contributed by atoms with van der Waals surface area (Å²) in [5, 5.41) is 14.2. The van der Waals surface area contributed by atoms with Crippen molar-refractivity contribution in [1.82, 2.24) is 5.32 Å². The number of aryl methyl sites for hydroxylation is 1. The second kappa shape index (κ2) is 6.02. The van der Waals surface area contributed by atoms with Crippen LogP contribution in [0.5, 0.6) is 5.75 Å². The molecule has 1 aromatic carbocycles. The van der Waals surface area contributed by atoms with Crippen molar-refractivity contribution in [1.29, 1.82) is 0 Å². The lowest BCUT2D eigenvalue weighted by Gasteiger charge is -2.15. The molecule has 19 heavy (non-hydrogen) atoms. The molecule has 0 saturated heterocycles. The molecule has 5 nitrogen and oxygen atoms in total. The summed E-state index contributed by atoms with van der Waals surface area (Å²) in [4.78, 5) is 10.3. The zero-order valence-corrected chi connectivity index (χ0v) is 11.4. The van der Waals surface area contributed by atoms with Crippen LogP contribution in [0.4, 0.5) is 5.69 Å². The van der Waals surface area contributed by atoms with Crippen LogP contribution in [0, 0.1) is 23.0 Å². The predicted octanol–water partition coefficient (Wildman–Crippen LogP) is 2.67. The van der Waals surface area contributed by atoms with E-state index < -0.39 is 4.92 Å². The number of rotatable bonds is 7. The van der Waals surface area contributed by atoms with Gasteiger partial charge in [0.1, 0.15) is 5.75 Å². The van der Waals surface area contributed by atoms with Crippen molar-refractivity contribution in [3.63, 3.8) is 0 Å². The molecule has 1 saturated carbocycles. The minimum absolute atomic E-state index is 0.0735. The summed E-state index contributed by atoms with van der Waals surface area (Å²) < 4.78 is 5.70. The number of nitro groups is 1. The van der Waals surface area contributed by atoms with Gasteiger partial charge in [0.25, 0.3) is 5.69 Å². The van der Waals surface area contributed by atoms with E-state index in [4.69, 9.17) is 4.74 Å². The summed E-state index contributed by atoms with van der Waals surface area (Å²) in [5.74, 6) is 0.992. The maximum Gasteiger partial charge on any atom is 0.273 e. The van der Waals surface area contributed by atoms with Crippen LogP contribution in [0.25, 0.3) is 0 Å². The van der Waals surface area contributed by atoms with Crippen LogP contribution < -0.4 is 10.1 Å². The van der Waals surface area contributed by atoms with Crippen molar-refractivity contribution >= 4 is 5.69 Å². The Morgan fingerprint density at radius 1 is 1.53 bits per heavy atom. The zero-order chi connectivity index (χ0) is 13.8. The summed E-state index contributed by atoms with van der Waals surface area (Å²) >= 11 is 0. The number of nitrogens with one attached hydrogen (secondary N) is 1. The van der Waals surface area contributed by atoms with Crippen molar-refractivity contribution in [2.75, 3.05) is 13.2 Å². The van der Waals surface area contributed by atoms with E-state index in [-0.39, 0.29) is 5.69 Å². The van der Waals surface area contributed by atoms with Crippen LogP contribution in [0.15, 0.2) is 18.2 Å². The second-order valence-electron chi connectivity index (χ2n) is 5.31. The summed E-state index contributed by atoms with van der Waals surface area (Å²) in [6.45, 7) is 5.51. The average Bonchev–Trinajstić information content (AvgIpc) is 3.19. The molecule has 0 heterocycles. The third kappa shape index (κ3) is 4.21. The molecule has 1 unspecified atom stereocenters. The van der Waals surface area contributed by atoms with E-state index in [1.807, 2.05) is 6.92 Å². The summed E-state index contributed by atoms with van der Waals surface area (Å²) in [6.07, 6.45) is 2.55. The maximum absolute atomic E-state index is 10.7. The summed E-state index contributed by atoms with van der Waals surface area (Å²) in [7, 11) is 0. The van der Waals surface area contributed by atoms with Gasteiger partial charge in [-0.25, -0.2) is 0 Å². The zero-order valence-electron chi connectivity index (χ0n) is 11.4. The van der Waals surface area contributed by atoms with Crippen LogP contribution in [0.3, 0.4) is 0 Å². The van der Waals surface area contributed by atoms with Gasteiger partial charge >= 0.3 is 0 Å². The quantitative estimate of drug-likeness (QED) is 0.607. The highest BCUT2D eigenvalue weighted by Crippen LogP contribution is 2.24. The molecule has 1 fully saturated rings. The first-order valence-electron chi connectivity index (χ1n) is 6.67. The number of benzene rings is 1. The first-order chi connectivity index (χ1) is 9.06. The molecule has 1 aliphatic carbocycles. The Hall–Kier alpha value is -1.62. The van der Waals surface area contributed by atoms with Crippen LogP contribution in [-0.4, -0.2) is 24.1 Å². The molecule has 0 spiro atoms. The van der Waals surface area contributed by atoms with E-state index in [9.17, 15) is 10.1 Å². The van der Waals surface area contributed by atoms with E-state index >= 15 is 0 Å². The van der Waals surface area contributed by atoms with Gasteiger partial charge in [0.05, 0.1) is 17.6 Å². The number of hydrogen-bond acceptors (Lipinski definition) is 4. The van der Waals surface area contributed by atoms with Crippen LogP contribution >= 0.6 is 0 Å². The minimum Gasteiger partial charge on any atom is -0.493 e. The van der Waals surface area contributed by atoms with E-state index in [1.165, 1.54) is 25.0 Å². The highest BCUT2D eigenvalue weighted by molar-refractivity contribution is 5.43. The van der Waals surface area contributed by atoms with E-state index in [0.29, 0.717) is 24.3 Å². The molecule has 0 bridgehead atoms. The molecule has 1 aliphatic rings. The summed E-state index contributed by atoms with van der Waals surface area (Å²) in [6, 6.07) is 5.42. The Balaban J connectivity index is 1.86. The Morgan fingerprint density at radius 2 is 2.26 bits per heavy atom. The largest absolute Gasteiger partial charge is 0.493 e. The molecular formula is C14H20N2O3. The molecule has 2 rings (SSSR count). The fourth-order valence-electron chi connectivity index (χ4n) is 1.80. The third-order valence-corrected chi connectivity index (χ3v) is 3.24. The molecular weight excluding hydrogens is 244 g/mol. The average molecular weight is 264 g/mol. The standard InChI is InChI=1S/C14H20N2O3/c1-10(8-15-12-4-5-12)9-19-14-7-13(16(17)18)6-3-11(14)2/h3,6-7,10,12,15H,4-5,8-9H2,1-2H3. The van der Waals surface area contributed by atoms with Gasteiger partial charge in [0.2, 0.25) is 0 Å². The monoisotopic (exact) mass is 264 g/mol. The van der Waals surface area contributed by atoms with Crippen molar-refractivity contribution in [3.05, 3.63) is 33.9 Å². The Kier molecular flexibility index (Phi) is 4.37. The van der Waals surface area contributed by atoms with Crippen molar-refractivity contribution in [2.24, 2.45) is 5.92 Å². The number of ether oxygens (including phenoxy) is 1. The van der Waals surface area contributed by atoms with E-state index in [1.54, 1.807) is 6.07 Å². The molecule has 1 N–H and O–H groups in total. The number of nitrogens with zero attached hydrogens (tertiary/aromatic N) is 1. The normalized spacial score (nSPS) is 16.1. The molecule has 1 aromatic rings. The van der Waals surface area contributed by atoms with E-state index in [2.05, 4.69) is 12.2 Å². The van der Waals surface area contributed by atoms with Crippen molar-refractivity contribution < 1.29 is 9.66 Å². The van der Waals surface area contributed by atoms with Gasteiger partial charge in [0, 0.05) is 24.6 Å². The SMILES string of the molecule is Cc1ccc([N+](=O)[O-])cc1OCC(C)CNC1CC1. The lowest BCUT2D eigenvalue weighted by molar-refractivity contribution is -0.385. The van der Waals surface area contributed by atoms with Gasteiger partial charge in [0.15, 0.2) is 0 Å². The number of hydrogen-bond donors (Lipinski definition) is 1. The molecule has 0 aliphatic heterocycles. The molecule has 0 radical (unpaired) electrons. The number of nitro benzene ring substituents is 1. The van der Waals surface area contributed by atoms with Gasteiger partial charge in [-0.3, -0.25) is 10.1 Å². The number of non-ortho nitro benzene ring substituents is 1. The topological polar surface area (TPSA) is 64.4 Å². The molecule has 104 valence electrons. The predicted molar refractivity (Wildman–Crippen MR) is 73.5 cm³/mol. The van der Waals surface area contributed by atoms with Gasteiger partial charge in [-0.05, 0) is 31.4 Å². The second-order valence-corrected chi connectivity index (χ2v) is 5.31. The molecule has 5 heteroatoms. The van der Waals surface area contributed by atoms with Crippen molar-refractivity contribution in [2.45, 2.75) is 32.7 Å². The first kappa shape index (κ1) is 13.8. The fourth-order valence-corrected chi connectivity index (χ4v) is 1.80. The Labute approximate surface area is 113 Å².